The number of amides is 1. The van der Waals surface area contributed by atoms with E-state index in [0.29, 0.717) is 11.1 Å². The fraction of sp³-hybridized carbons (Fsp3) is 0.120. The predicted octanol–water partition coefficient (Wildman–Crippen LogP) is 4.07. The average Bonchev–Trinajstić information content (AvgIpc) is 2.84. The van der Waals surface area contributed by atoms with Crippen LogP contribution in [0.25, 0.3) is 0 Å². The van der Waals surface area contributed by atoms with E-state index in [1.807, 2.05) is 0 Å². The fourth-order valence-corrected chi connectivity index (χ4v) is 3.87. The van der Waals surface area contributed by atoms with Gasteiger partial charge >= 0.3 is 5.97 Å². The average molecular weight is 477 g/mol. The van der Waals surface area contributed by atoms with E-state index in [1.54, 1.807) is 24.3 Å². The van der Waals surface area contributed by atoms with Crippen molar-refractivity contribution >= 4 is 23.3 Å². The molecule has 3 aromatic carbocycles. The minimum atomic E-state index is -1.31. The monoisotopic (exact) mass is 477 g/mol. The van der Waals surface area contributed by atoms with Gasteiger partial charge in [-0.25, -0.2) is 9.18 Å². The Bertz CT molecular complexity index is 1310. The first-order valence-electron chi connectivity index (χ1n) is 10.5. The van der Waals surface area contributed by atoms with Crippen LogP contribution in [0, 0.1) is 15.9 Å². The molecular weight excluding hydrogens is 457 g/mol. The molecule has 0 bridgehead atoms. The number of hydrogen-bond acceptors (Lipinski definition) is 6. The maximum atomic E-state index is 13.6. The van der Waals surface area contributed by atoms with Gasteiger partial charge in [-0.15, -0.1) is 0 Å². The number of nitro benzene ring substituents is 1. The van der Waals surface area contributed by atoms with E-state index in [0.717, 1.165) is 6.07 Å². The summed E-state index contributed by atoms with van der Waals surface area (Å²) in [7, 11) is 0. The number of aromatic hydroxyl groups is 1. The van der Waals surface area contributed by atoms with Crippen LogP contribution in [0.3, 0.4) is 0 Å². The number of rotatable bonds is 7. The zero-order valence-electron chi connectivity index (χ0n) is 18.2. The van der Waals surface area contributed by atoms with Crippen LogP contribution in [0.1, 0.15) is 21.5 Å². The van der Waals surface area contributed by atoms with Gasteiger partial charge < -0.3 is 20.0 Å². The smallest absolute Gasteiger partial charge is 0.335 e. The highest BCUT2D eigenvalue weighted by Crippen LogP contribution is 2.34. The topological polar surface area (TPSA) is 124 Å². The Kier molecular flexibility index (Phi) is 6.45. The number of anilines is 1. The van der Waals surface area contributed by atoms with Gasteiger partial charge in [0.05, 0.1) is 17.0 Å². The highest BCUT2D eigenvalue weighted by Gasteiger charge is 2.35. The lowest BCUT2D eigenvalue weighted by Crippen LogP contribution is -2.49. The first kappa shape index (κ1) is 23.4. The van der Waals surface area contributed by atoms with E-state index in [2.05, 4.69) is 0 Å². The number of halogens is 1. The molecule has 0 saturated carbocycles. The first-order chi connectivity index (χ1) is 16.7. The van der Waals surface area contributed by atoms with Crippen LogP contribution in [-0.4, -0.2) is 38.0 Å². The van der Waals surface area contributed by atoms with Crippen molar-refractivity contribution in [2.75, 3.05) is 4.90 Å². The van der Waals surface area contributed by atoms with Gasteiger partial charge in [-0.05, 0) is 47.5 Å². The normalized spacial score (nSPS) is 15.3. The van der Waals surface area contributed by atoms with Gasteiger partial charge in [0.25, 0.3) is 5.69 Å². The van der Waals surface area contributed by atoms with Crippen molar-refractivity contribution in [3.05, 3.63) is 112 Å². The number of nitro groups is 1. The molecule has 0 fully saturated rings. The zero-order valence-corrected chi connectivity index (χ0v) is 18.2. The summed E-state index contributed by atoms with van der Waals surface area (Å²) in [5.41, 5.74) is 0.756. The number of hydrogen-bond donors (Lipinski definition) is 2. The summed E-state index contributed by atoms with van der Waals surface area (Å²) in [4.78, 5) is 38.8. The number of aromatic carboxylic acids is 1. The fourth-order valence-electron chi connectivity index (χ4n) is 3.87. The minimum absolute atomic E-state index is 0.0540. The second-order valence-electron chi connectivity index (χ2n) is 7.95. The Labute approximate surface area is 199 Å². The van der Waals surface area contributed by atoms with Crippen molar-refractivity contribution < 1.29 is 29.1 Å². The van der Waals surface area contributed by atoms with Crippen LogP contribution >= 0.6 is 0 Å². The van der Waals surface area contributed by atoms with Crippen molar-refractivity contribution in [1.29, 1.82) is 0 Å². The summed E-state index contributed by atoms with van der Waals surface area (Å²) in [6.45, 7) is 0.162. The van der Waals surface area contributed by atoms with Crippen LogP contribution in [0.5, 0.6) is 5.75 Å². The Morgan fingerprint density at radius 3 is 2.29 bits per heavy atom. The van der Waals surface area contributed by atoms with Crippen molar-refractivity contribution in [3.63, 3.8) is 0 Å². The number of phenols is 1. The first-order valence-corrected chi connectivity index (χ1v) is 10.5. The Balaban J connectivity index is 1.74. The summed E-state index contributed by atoms with van der Waals surface area (Å²) in [5, 5.41) is 30.6. The number of nitrogens with zero attached hydrogens (tertiary/aromatic N) is 3. The van der Waals surface area contributed by atoms with E-state index in [4.69, 9.17) is 0 Å². The van der Waals surface area contributed by atoms with E-state index >= 15 is 0 Å². The molecule has 1 heterocycles. The molecule has 0 aliphatic carbocycles. The molecule has 0 spiro atoms. The molecule has 0 aromatic heterocycles. The highest BCUT2D eigenvalue weighted by atomic mass is 19.1. The van der Waals surface area contributed by atoms with Crippen molar-refractivity contribution in [2.45, 2.75) is 19.0 Å². The molecule has 0 radical (unpaired) electrons. The summed E-state index contributed by atoms with van der Waals surface area (Å²) in [6, 6.07) is 14.5. The standard InChI is InChI=1S/C25H20FN3O6/c26-19-6-1-17(2-7-19)15-27-11-12-28(21-10-5-18(25(32)33)14-22(21)29(34)35)23(24(27)31)13-16-3-8-20(30)9-4-16/h1-12,14,23,30H,13,15H2,(H,32,33)/t23-/m1/s1. The van der Waals surface area contributed by atoms with Crippen LogP contribution in [-0.2, 0) is 17.8 Å². The lowest BCUT2D eigenvalue weighted by Gasteiger charge is -2.37. The number of carbonyl (C=O) groups excluding carboxylic acids is 1. The number of carbonyl (C=O) groups is 2. The van der Waals surface area contributed by atoms with E-state index in [-0.39, 0.29) is 35.9 Å². The maximum Gasteiger partial charge on any atom is 0.335 e. The lowest BCUT2D eigenvalue weighted by atomic mass is 10.0. The molecule has 1 atom stereocenters. The molecule has 4 rings (SSSR count). The second-order valence-corrected chi connectivity index (χ2v) is 7.95. The van der Waals surface area contributed by atoms with Gasteiger partial charge in [-0.1, -0.05) is 24.3 Å². The third-order valence-electron chi connectivity index (χ3n) is 5.64. The van der Waals surface area contributed by atoms with Gasteiger partial charge in [0, 0.05) is 24.9 Å². The summed E-state index contributed by atoms with van der Waals surface area (Å²) < 4.78 is 13.3. The third kappa shape index (κ3) is 5.11. The van der Waals surface area contributed by atoms with Crippen LogP contribution in [0.15, 0.2) is 79.1 Å². The van der Waals surface area contributed by atoms with Crippen LogP contribution in [0.2, 0.25) is 0 Å². The Hall–Kier alpha value is -4.73. The molecule has 1 amide bonds. The van der Waals surface area contributed by atoms with Crippen molar-refractivity contribution in [3.8, 4) is 5.75 Å². The third-order valence-corrected chi connectivity index (χ3v) is 5.64. The van der Waals surface area contributed by atoms with Gasteiger partial charge in [-0.3, -0.25) is 14.9 Å². The van der Waals surface area contributed by atoms with Gasteiger partial charge in [-0.2, -0.15) is 0 Å². The molecule has 3 aromatic rings. The van der Waals surface area contributed by atoms with E-state index < -0.39 is 28.4 Å². The minimum Gasteiger partial charge on any atom is -0.508 e. The molecule has 10 heteroatoms. The number of benzene rings is 3. The van der Waals surface area contributed by atoms with Crippen LogP contribution < -0.4 is 4.90 Å². The molecule has 9 nitrogen and oxygen atoms in total. The number of phenolic OH excluding ortho intramolecular Hbond substituents is 1. The van der Waals surface area contributed by atoms with E-state index in [9.17, 15) is 34.3 Å². The quantitative estimate of drug-likeness (QED) is 0.388. The molecule has 35 heavy (non-hydrogen) atoms. The SMILES string of the molecule is O=C(O)c1ccc(N2C=CN(Cc3ccc(F)cc3)C(=O)[C@H]2Cc2ccc(O)cc2)c([N+](=O)[O-])c1. The highest BCUT2D eigenvalue weighted by molar-refractivity contribution is 5.92. The Morgan fingerprint density at radius 1 is 1.00 bits per heavy atom. The molecular formula is C25H20FN3O6. The molecule has 1 aliphatic rings. The summed E-state index contributed by atoms with van der Waals surface area (Å²) in [5.74, 6) is -2.02. The van der Waals surface area contributed by atoms with Gasteiger partial charge in [0.2, 0.25) is 5.91 Å². The number of carboxylic acid groups (broad SMARTS) is 1. The molecule has 2 N–H and O–H groups in total. The van der Waals surface area contributed by atoms with Gasteiger partial charge in [0.1, 0.15) is 23.3 Å². The molecule has 178 valence electrons. The van der Waals surface area contributed by atoms with Gasteiger partial charge in [0.15, 0.2) is 0 Å². The van der Waals surface area contributed by atoms with Crippen molar-refractivity contribution in [1.82, 2.24) is 4.90 Å². The predicted molar refractivity (Wildman–Crippen MR) is 124 cm³/mol. The molecule has 0 unspecified atom stereocenters. The Morgan fingerprint density at radius 2 is 1.66 bits per heavy atom. The summed E-state index contributed by atoms with van der Waals surface area (Å²) in [6.07, 6.45) is 3.16. The largest absolute Gasteiger partial charge is 0.508 e. The molecule has 0 saturated heterocycles. The maximum absolute atomic E-state index is 13.6. The number of carboxylic acids is 1. The van der Waals surface area contributed by atoms with Crippen LogP contribution in [0.4, 0.5) is 15.8 Å². The molecule has 1 aliphatic heterocycles. The zero-order chi connectivity index (χ0) is 25.1. The second kappa shape index (κ2) is 9.64. The van der Waals surface area contributed by atoms with Crippen molar-refractivity contribution in [2.24, 2.45) is 0 Å². The van der Waals surface area contributed by atoms with E-state index in [1.165, 1.54) is 58.6 Å². The summed E-state index contributed by atoms with van der Waals surface area (Å²) >= 11 is 0. The lowest BCUT2D eigenvalue weighted by molar-refractivity contribution is -0.384.